The zero-order valence-electron chi connectivity index (χ0n) is 13.2. The SMILES string of the molecule is CCn1cc(NC(=O)c2ccc(F)cc2)c(C(=O)OC(C)C)n1. The molecule has 0 aliphatic rings. The zero-order chi connectivity index (χ0) is 17.0. The minimum absolute atomic E-state index is 0.0380. The average molecular weight is 319 g/mol. The summed E-state index contributed by atoms with van der Waals surface area (Å²) in [6.07, 6.45) is 1.26. The number of hydrogen-bond donors (Lipinski definition) is 1. The molecule has 0 saturated heterocycles. The molecular weight excluding hydrogens is 301 g/mol. The third-order valence-electron chi connectivity index (χ3n) is 2.98. The van der Waals surface area contributed by atoms with Gasteiger partial charge in [-0.2, -0.15) is 5.10 Å². The first-order valence-electron chi connectivity index (χ1n) is 7.26. The predicted octanol–water partition coefficient (Wildman–Crippen LogP) is 2.86. The van der Waals surface area contributed by atoms with Gasteiger partial charge in [-0.25, -0.2) is 9.18 Å². The summed E-state index contributed by atoms with van der Waals surface area (Å²) in [6.45, 7) is 5.85. The number of esters is 1. The van der Waals surface area contributed by atoms with Crippen molar-refractivity contribution < 1.29 is 18.7 Å². The lowest BCUT2D eigenvalue weighted by Crippen LogP contribution is -2.17. The number of halogens is 1. The van der Waals surface area contributed by atoms with Gasteiger partial charge < -0.3 is 10.1 Å². The molecule has 0 atom stereocenters. The van der Waals surface area contributed by atoms with Crippen molar-refractivity contribution in [2.24, 2.45) is 0 Å². The number of anilines is 1. The van der Waals surface area contributed by atoms with Crippen molar-refractivity contribution in [3.05, 3.63) is 47.5 Å². The number of aryl methyl sites for hydroxylation is 1. The van der Waals surface area contributed by atoms with Crippen LogP contribution in [0, 0.1) is 5.82 Å². The predicted molar refractivity (Wildman–Crippen MR) is 82.8 cm³/mol. The molecule has 1 amide bonds. The fourth-order valence-corrected chi connectivity index (χ4v) is 1.89. The number of nitrogens with zero attached hydrogens (tertiary/aromatic N) is 2. The van der Waals surface area contributed by atoms with Crippen LogP contribution in [0.15, 0.2) is 30.5 Å². The van der Waals surface area contributed by atoms with E-state index in [1.165, 1.54) is 28.9 Å². The largest absolute Gasteiger partial charge is 0.458 e. The Morgan fingerprint density at radius 3 is 2.52 bits per heavy atom. The van der Waals surface area contributed by atoms with E-state index in [4.69, 9.17) is 4.74 Å². The first-order valence-corrected chi connectivity index (χ1v) is 7.26. The Hall–Kier alpha value is -2.70. The Balaban J connectivity index is 2.24. The summed E-state index contributed by atoms with van der Waals surface area (Å²) >= 11 is 0. The van der Waals surface area contributed by atoms with Crippen LogP contribution in [0.4, 0.5) is 10.1 Å². The van der Waals surface area contributed by atoms with Crippen LogP contribution in [0.1, 0.15) is 41.6 Å². The fourth-order valence-electron chi connectivity index (χ4n) is 1.89. The quantitative estimate of drug-likeness (QED) is 0.860. The number of carbonyl (C=O) groups is 2. The minimum Gasteiger partial charge on any atom is -0.458 e. The molecule has 2 rings (SSSR count). The molecular formula is C16H18FN3O3. The maximum absolute atomic E-state index is 12.9. The molecule has 1 aromatic heterocycles. The summed E-state index contributed by atoms with van der Waals surface area (Å²) in [6, 6.07) is 5.11. The number of hydrogen-bond acceptors (Lipinski definition) is 4. The molecule has 1 aromatic carbocycles. The van der Waals surface area contributed by atoms with Crippen LogP contribution < -0.4 is 5.32 Å². The lowest BCUT2D eigenvalue weighted by molar-refractivity contribution is 0.0371. The molecule has 2 aromatic rings. The second-order valence-corrected chi connectivity index (χ2v) is 5.16. The maximum atomic E-state index is 12.9. The summed E-state index contributed by atoms with van der Waals surface area (Å²) in [5.41, 5.74) is 0.571. The summed E-state index contributed by atoms with van der Waals surface area (Å²) in [4.78, 5) is 24.3. The number of carbonyl (C=O) groups excluding carboxylic acids is 2. The molecule has 1 N–H and O–H groups in total. The highest BCUT2D eigenvalue weighted by molar-refractivity contribution is 6.07. The van der Waals surface area contributed by atoms with Crippen LogP contribution in [-0.4, -0.2) is 27.8 Å². The Morgan fingerprint density at radius 1 is 1.30 bits per heavy atom. The molecule has 1 heterocycles. The van der Waals surface area contributed by atoms with Crippen LogP contribution in [-0.2, 0) is 11.3 Å². The number of nitrogens with one attached hydrogen (secondary N) is 1. The van der Waals surface area contributed by atoms with E-state index in [9.17, 15) is 14.0 Å². The van der Waals surface area contributed by atoms with Gasteiger partial charge in [-0.1, -0.05) is 0 Å². The van der Waals surface area contributed by atoms with Crippen LogP contribution in [0.2, 0.25) is 0 Å². The molecule has 0 unspecified atom stereocenters. The van der Waals surface area contributed by atoms with E-state index >= 15 is 0 Å². The number of amides is 1. The molecule has 7 heteroatoms. The van der Waals surface area contributed by atoms with Gasteiger partial charge in [0, 0.05) is 18.3 Å². The third-order valence-corrected chi connectivity index (χ3v) is 2.98. The van der Waals surface area contributed by atoms with Gasteiger partial charge in [0.15, 0.2) is 5.69 Å². The molecule has 0 bridgehead atoms. The molecule has 23 heavy (non-hydrogen) atoms. The van der Waals surface area contributed by atoms with E-state index < -0.39 is 17.7 Å². The lowest BCUT2D eigenvalue weighted by Gasteiger charge is -2.08. The van der Waals surface area contributed by atoms with Crippen molar-refractivity contribution in [1.29, 1.82) is 0 Å². The molecule has 0 fully saturated rings. The number of aromatic nitrogens is 2. The van der Waals surface area contributed by atoms with Gasteiger partial charge in [0.1, 0.15) is 5.82 Å². The van der Waals surface area contributed by atoms with E-state index in [1.807, 2.05) is 6.92 Å². The van der Waals surface area contributed by atoms with Gasteiger partial charge >= 0.3 is 5.97 Å². The molecule has 0 radical (unpaired) electrons. The molecule has 6 nitrogen and oxygen atoms in total. The summed E-state index contributed by atoms with van der Waals surface area (Å²) < 4.78 is 19.6. The van der Waals surface area contributed by atoms with Gasteiger partial charge in [0.25, 0.3) is 5.91 Å². The third kappa shape index (κ3) is 4.15. The number of rotatable bonds is 5. The number of ether oxygens (including phenoxy) is 1. The van der Waals surface area contributed by atoms with Crippen LogP contribution in [0.5, 0.6) is 0 Å². The van der Waals surface area contributed by atoms with E-state index in [0.29, 0.717) is 6.54 Å². The van der Waals surface area contributed by atoms with Crippen molar-refractivity contribution in [2.45, 2.75) is 33.4 Å². The smallest absolute Gasteiger partial charge is 0.361 e. The van der Waals surface area contributed by atoms with Gasteiger partial charge in [0.05, 0.1) is 11.8 Å². The minimum atomic E-state index is -0.610. The second-order valence-electron chi connectivity index (χ2n) is 5.16. The lowest BCUT2D eigenvalue weighted by atomic mass is 10.2. The average Bonchev–Trinajstić information content (AvgIpc) is 2.90. The van der Waals surface area contributed by atoms with Crippen molar-refractivity contribution in [3.8, 4) is 0 Å². The molecule has 0 spiro atoms. The Bertz CT molecular complexity index is 708. The fraction of sp³-hybridized carbons (Fsp3) is 0.312. The Kier molecular flexibility index (Phi) is 5.10. The van der Waals surface area contributed by atoms with Gasteiger partial charge in [-0.05, 0) is 45.0 Å². The van der Waals surface area contributed by atoms with Crippen LogP contribution in [0.25, 0.3) is 0 Å². The standard InChI is InChI=1S/C16H18FN3O3/c1-4-20-9-13(14(19-20)16(22)23-10(2)3)18-15(21)11-5-7-12(17)8-6-11/h5-10H,4H2,1-3H3,(H,18,21). The second kappa shape index (κ2) is 7.04. The van der Waals surface area contributed by atoms with Crippen LogP contribution >= 0.6 is 0 Å². The van der Waals surface area contributed by atoms with E-state index in [-0.39, 0.29) is 23.0 Å². The van der Waals surface area contributed by atoms with Gasteiger partial charge in [0.2, 0.25) is 0 Å². The van der Waals surface area contributed by atoms with Crippen molar-refractivity contribution in [1.82, 2.24) is 9.78 Å². The highest BCUT2D eigenvalue weighted by Gasteiger charge is 2.21. The molecule has 0 aliphatic carbocycles. The van der Waals surface area contributed by atoms with Crippen molar-refractivity contribution in [3.63, 3.8) is 0 Å². The first-order chi connectivity index (χ1) is 10.9. The monoisotopic (exact) mass is 319 g/mol. The Labute approximate surface area is 133 Å². The highest BCUT2D eigenvalue weighted by atomic mass is 19.1. The summed E-state index contributed by atoms with van der Waals surface area (Å²) in [5.74, 6) is -1.50. The number of benzene rings is 1. The van der Waals surface area contributed by atoms with Gasteiger partial charge in [-0.15, -0.1) is 0 Å². The molecule has 0 aliphatic heterocycles. The Morgan fingerprint density at radius 2 is 1.96 bits per heavy atom. The molecule has 0 saturated carbocycles. The van der Waals surface area contributed by atoms with Crippen LogP contribution in [0.3, 0.4) is 0 Å². The van der Waals surface area contributed by atoms with E-state index in [1.54, 1.807) is 20.0 Å². The van der Waals surface area contributed by atoms with E-state index in [0.717, 1.165) is 0 Å². The van der Waals surface area contributed by atoms with Crippen molar-refractivity contribution >= 4 is 17.6 Å². The molecule has 122 valence electrons. The van der Waals surface area contributed by atoms with Gasteiger partial charge in [-0.3, -0.25) is 9.48 Å². The zero-order valence-corrected chi connectivity index (χ0v) is 13.2. The first kappa shape index (κ1) is 16.7. The summed E-state index contributed by atoms with van der Waals surface area (Å²) in [5, 5.41) is 6.72. The van der Waals surface area contributed by atoms with Crippen molar-refractivity contribution in [2.75, 3.05) is 5.32 Å². The normalized spacial score (nSPS) is 10.7. The topological polar surface area (TPSA) is 73.2 Å². The highest BCUT2D eigenvalue weighted by Crippen LogP contribution is 2.17. The summed E-state index contributed by atoms with van der Waals surface area (Å²) in [7, 11) is 0. The van der Waals surface area contributed by atoms with E-state index in [2.05, 4.69) is 10.4 Å². The maximum Gasteiger partial charge on any atom is 0.361 e.